The lowest BCUT2D eigenvalue weighted by molar-refractivity contribution is 0.0719. The van der Waals surface area contributed by atoms with E-state index in [0.717, 1.165) is 60.8 Å². The molecule has 4 aromatic carbocycles. The predicted molar refractivity (Wildman–Crippen MR) is 222 cm³/mol. The molecule has 4 unspecified atom stereocenters. The van der Waals surface area contributed by atoms with Crippen LogP contribution in [0.4, 0.5) is 8.78 Å². The molecule has 2 fully saturated rings. The molecule has 8 nitrogen and oxygen atoms in total. The summed E-state index contributed by atoms with van der Waals surface area (Å²) in [5, 5.41) is 0. The summed E-state index contributed by atoms with van der Waals surface area (Å²) in [5.74, 6) is -0.992. The van der Waals surface area contributed by atoms with Crippen LogP contribution in [0, 0.1) is 23.5 Å². The Labute approximate surface area is 346 Å². The highest BCUT2D eigenvalue weighted by molar-refractivity contribution is 5.93. The van der Waals surface area contributed by atoms with Gasteiger partial charge in [0.05, 0.1) is 47.8 Å². The molecule has 2 heterocycles. The van der Waals surface area contributed by atoms with Crippen LogP contribution in [0.3, 0.4) is 0 Å². The quantitative estimate of drug-likeness (QED) is 0.0557. The highest BCUT2D eigenvalue weighted by Gasteiger charge is 2.47. The van der Waals surface area contributed by atoms with Crippen LogP contribution in [0.1, 0.15) is 126 Å². The van der Waals surface area contributed by atoms with Crippen LogP contribution in [0.25, 0.3) is 11.1 Å². The first-order chi connectivity index (χ1) is 27.9. The van der Waals surface area contributed by atoms with Gasteiger partial charge >= 0.3 is 11.9 Å². The summed E-state index contributed by atoms with van der Waals surface area (Å²) in [6.07, 6.45) is 6.38. The number of esters is 2. The third kappa shape index (κ3) is 9.82. The minimum Gasteiger partial charge on any atom is -0.493 e. The van der Waals surface area contributed by atoms with E-state index in [2.05, 4.69) is 41.5 Å². The molecule has 0 amide bonds. The number of epoxide rings is 2. The minimum atomic E-state index is -0.823. The standard InChI is InChI=1S/C49H56F2O8/c1-29(9-19-43-48(5,6)58-43)21-23-54-31-11-17-37(41(50)27-31)45(52)56-33-13-15-35-36-16-14-34(26-40(36)47(3,4)39(35)25-33)57-46(53)38-18-12-32(28-42(38)51)55-24-22-30(2)10-20-44-49(7,8)59-44/h11-18,25-30,43-44H,9-10,19-24H2,1-8H3. The van der Waals surface area contributed by atoms with Crippen molar-refractivity contribution >= 4 is 11.9 Å². The summed E-state index contributed by atoms with van der Waals surface area (Å²) < 4.78 is 64.6. The average Bonchev–Trinajstić information content (AvgIpc) is 3.99. The molecule has 314 valence electrons. The maximum absolute atomic E-state index is 15.1. The van der Waals surface area contributed by atoms with Gasteiger partial charge in [0.15, 0.2) is 0 Å². The van der Waals surface area contributed by atoms with Gasteiger partial charge in [0.2, 0.25) is 0 Å². The zero-order valence-corrected chi connectivity index (χ0v) is 35.4. The van der Waals surface area contributed by atoms with E-state index in [4.69, 9.17) is 28.4 Å². The van der Waals surface area contributed by atoms with Crippen LogP contribution in [0.15, 0.2) is 72.8 Å². The Morgan fingerprint density at radius 3 is 1.31 bits per heavy atom. The fraction of sp³-hybridized carbons (Fsp3) is 0.469. The fourth-order valence-electron chi connectivity index (χ4n) is 8.04. The van der Waals surface area contributed by atoms with Crippen LogP contribution in [0.5, 0.6) is 23.0 Å². The third-order valence-electron chi connectivity index (χ3n) is 12.3. The minimum absolute atomic E-state index is 0.0104. The van der Waals surface area contributed by atoms with Crippen molar-refractivity contribution in [2.24, 2.45) is 11.8 Å². The Kier molecular flexibility index (Phi) is 12.0. The van der Waals surface area contributed by atoms with Gasteiger partial charge in [0, 0.05) is 17.5 Å². The summed E-state index contributed by atoms with van der Waals surface area (Å²) in [6.45, 7) is 17.6. The molecule has 3 aliphatic rings. The van der Waals surface area contributed by atoms with Gasteiger partial charge in [-0.3, -0.25) is 0 Å². The van der Waals surface area contributed by atoms with E-state index >= 15 is 8.78 Å². The monoisotopic (exact) mass is 810 g/mol. The van der Waals surface area contributed by atoms with Crippen molar-refractivity contribution in [1.29, 1.82) is 0 Å². The molecule has 4 atom stereocenters. The highest BCUT2D eigenvalue weighted by Crippen LogP contribution is 2.51. The Morgan fingerprint density at radius 2 is 0.949 bits per heavy atom. The number of benzene rings is 4. The molecule has 1 aliphatic carbocycles. The molecule has 0 aromatic heterocycles. The fourth-order valence-corrected chi connectivity index (χ4v) is 8.04. The molecule has 0 N–H and O–H groups in total. The van der Waals surface area contributed by atoms with Gasteiger partial charge in [0.1, 0.15) is 34.6 Å². The summed E-state index contributed by atoms with van der Waals surface area (Å²) in [6, 6.07) is 18.9. The molecular formula is C49H56F2O8. The van der Waals surface area contributed by atoms with E-state index in [1.54, 1.807) is 36.4 Å². The zero-order valence-electron chi connectivity index (χ0n) is 35.4. The second kappa shape index (κ2) is 16.7. The number of halogens is 2. The molecule has 0 radical (unpaired) electrons. The first-order valence-electron chi connectivity index (χ1n) is 20.9. The van der Waals surface area contributed by atoms with E-state index in [9.17, 15) is 9.59 Å². The molecule has 59 heavy (non-hydrogen) atoms. The maximum Gasteiger partial charge on any atom is 0.346 e. The van der Waals surface area contributed by atoms with Gasteiger partial charge in [0.25, 0.3) is 0 Å². The topological polar surface area (TPSA) is 96.1 Å². The van der Waals surface area contributed by atoms with Crippen LogP contribution < -0.4 is 18.9 Å². The van der Waals surface area contributed by atoms with Crippen LogP contribution in [-0.2, 0) is 14.9 Å². The molecule has 7 rings (SSSR count). The molecule has 4 aromatic rings. The van der Waals surface area contributed by atoms with Gasteiger partial charge in [-0.1, -0.05) is 39.8 Å². The van der Waals surface area contributed by atoms with E-state index in [0.29, 0.717) is 48.8 Å². The summed E-state index contributed by atoms with van der Waals surface area (Å²) >= 11 is 0. The highest BCUT2D eigenvalue weighted by atomic mass is 19.1. The van der Waals surface area contributed by atoms with Crippen molar-refractivity contribution < 1.29 is 46.8 Å². The van der Waals surface area contributed by atoms with Crippen molar-refractivity contribution in [3.8, 4) is 34.1 Å². The lowest BCUT2D eigenvalue weighted by Crippen LogP contribution is -2.17. The number of hydrogen-bond donors (Lipinski definition) is 0. The molecule has 10 heteroatoms. The first-order valence-corrected chi connectivity index (χ1v) is 20.9. The van der Waals surface area contributed by atoms with Crippen molar-refractivity contribution in [2.45, 2.75) is 123 Å². The number of rotatable bonds is 18. The largest absolute Gasteiger partial charge is 0.493 e. The van der Waals surface area contributed by atoms with Crippen LogP contribution >= 0.6 is 0 Å². The summed E-state index contributed by atoms with van der Waals surface area (Å²) in [5.41, 5.74) is 2.61. The van der Waals surface area contributed by atoms with Crippen molar-refractivity contribution in [3.05, 3.63) is 107 Å². The third-order valence-corrected chi connectivity index (χ3v) is 12.3. The molecular weight excluding hydrogens is 755 g/mol. The second-order valence-corrected chi connectivity index (χ2v) is 18.2. The molecule has 0 bridgehead atoms. The normalized spacial score (nSPS) is 19.8. The van der Waals surface area contributed by atoms with Crippen molar-refractivity contribution in [3.63, 3.8) is 0 Å². The Hall–Kier alpha value is -4.80. The number of carbonyl (C=O) groups excluding carboxylic acids is 2. The van der Waals surface area contributed by atoms with Gasteiger partial charge < -0.3 is 28.4 Å². The molecule has 2 saturated heterocycles. The summed E-state index contributed by atoms with van der Waals surface area (Å²) in [7, 11) is 0. The smallest absolute Gasteiger partial charge is 0.346 e. The second-order valence-electron chi connectivity index (χ2n) is 18.2. The van der Waals surface area contributed by atoms with E-state index in [1.165, 1.54) is 24.3 Å². The maximum atomic E-state index is 15.1. The van der Waals surface area contributed by atoms with E-state index < -0.39 is 29.0 Å². The lowest BCUT2D eigenvalue weighted by atomic mass is 9.82. The molecule has 0 saturated carbocycles. The SMILES string of the molecule is CC(CCOc1ccc(C(=O)Oc2ccc3c(c2)C(C)(C)c2cc(OC(=O)c4ccc(OCCC(C)CCC5OC5(C)C)cc4F)ccc2-3)c(F)c1)CCC1OC1(C)C. The molecule has 2 aliphatic heterocycles. The zero-order chi connectivity index (χ0) is 42.3. The van der Waals surface area contributed by atoms with Gasteiger partial charge in [-0.2, -0.15) is 0 Å². The number of fused-ring (bicyclic) bond motifs is 3. The van der Waals surface area contributed by atoms with Gasteiger partial charge in [-0.15, -0.1) is 0 Å². The Bertz CT molecular complexity index is 2060. The first kappa shape index (κ1) is 42.3. The van der Waals surface area contributed by atoms with Crippen molar-refractivity contribution in [2.75, 3.05) is 13.2 Å². The molecule has 0 spiro atoms. The lowest BCUT2D eigenvalue weighted by Gasteiger charge is -2.22. The van der Waals surface area contributed by atoms with E-state index in [1.807, 2.05) is 26.0 Å². The van der Waals surface area contributed by atoms with Crippen molar-refractivity contribution in [1.82, 2.24) is 0 Å². The number of ether oxygens (including phenoxy) is 6. The van der Waals surface area contributed by atoms with Crippen LogP contribution in [0.2, 0.25) is 0 Å². The summed E-state index contributed by atoms with van der Waals surface area (Å²) in [4.78, 5) is 26.3. The Balaban J connectivity index is 0.913. The average molecular weight is 811 g/mol. The number of carbonyl (C=O) groups is 2. The predicted octanol–water partition coefficient (Wildman–Crippen LogP) is 11.4. The van der Waals surface area contributed by atoms with Gasteiger partial charge in [-0.05, 0) is 149 Å². The Morgan fingerprint density at radius 1 is 0.576 bits per heavy atom. The van der Waals surface area contributed by atoms with Gasteiger partial charge in [-0.25, -0.2) is 18.4 Å². The van der Waals surface area contributed by atoms with E-state index in [-0.39, 0.29) is 33.8 Å². The number of hydrogen-bond acceptors (Lipinski definition) is 8. The van der Waals surface area contributed by atoms with Crippen LogP contribution in [-0.4, -0.2) is 48.6 Å².